The molecule has 3 aliphatic heterocycles. The van der Waals surface area contributed by atoms with Gasteiger partial charge >= 0.3 is 0 Å². The van der Waals surface area contributed by atoms with Gasteiger partial charge in [-0.15, -0.1) is 5.53 Å². The molecular formula is C31H39FN6. The number of hydrogen-bond acceptors (Lipinski definition) is 6. The summed E-state index contributed by atoms with van der Waals surface area (Å²) in [6, 6.07) is 17.7. The standard InChI is InChI=1S/C31H39FN6/c32-29-7-3-6-28(18-29)31(26-4-1-2-5-26,23-38-17-14-34-35-38)27-12-15-36(16-13-27)20-25-21-37(22-25)30-10-8-24(19-33)9-11-30/h3,6-11,14,17-18,25-27,34-35H,1-2,4-5,12-13,15-16,20-23H2. The number of anilines is 1. The van der Waals surface area contributed by atoms with Gasteiger partial charge in [0, 0.05) is 55.6 Å². The van der Waals surface area contributed by atoms with E-state index in [1.165, 1.54) is 36.9 Å². The first kappa shape index (κ1) is 25.2. The summed E-state index contributed by atoms with van der Waals surface area (Å²) in [5.74, 6) is 1.66. The zero-order chi connectivity index (χ0) is 26.0. The molecule has 2 saturated heterocycles. The Morgan fingerprint density at radius 1 is 0.974 bits per heavy atom. The van der Waals surface area contributed by atoms with Crippen molar-refractivity contribution in [2.75, 3.05) is 44.2 Å². The fraction of sp³-hybridized carbons (Fsp3) is 0.516. The summed E-state index contributed by atoms with van der Waals surface area (Å²) >= 11 is 0. The van der Waals surface area contributed by atoms with Gasteiger partial charge in [-0.05, 0) is 92.6 Å². The first-order valence-corrected chi connectivity index (χ1v) is 14.3. The predicted octanol–water partition coefficient (Wildman–Crippen LogP) is 4.77. The van der Waals surface area contributed by atoms with Crippen molar-refractivity contribution >= 4 is 5.69 Å². The number of likely N-dealkylation sites (tertiary alicyclic amines) is 1. The molecule has 6 rings (SSSR count). The summed E-state index contributed by atoms with van der Waals surface area (Å²) in [5, 5.41) is 11.2. The molecule has 1 unspecified atom stereocenters. The number of benzene rings is 2. The van der Waals surface area contributed by atoms with E-state index in [-0.39, 0.29) is 11.2 Å². The zero-order valence-corrected chi connectivity index (χ0v) is 22.2. The number of piperidine rings is 1. The van der Waals surface area contributed by atoms with Crippen molar-refractivity contribution in [3.8, 4) is 6.07 Å². The van der Waals surface area contributed by atoms with E-state index < -0.39 is 0 Å². The largest absolute Gasteiger partial charge is 0.371 e. The van der Waals surface area contributed by atoms with Gasteiger partial charge in [-0.2, -0.15) is 5.26 Å². The number of halogens is 1. The second-order valence-corrected chi connectivity index (χ2v) is 11.7. The first-order chi connectivity index (χ1) is 18.6. The molecule has 2 aromatic carbocycles. The van der Waals surface area contributed by atoms with Gasteiger partial charge in [0.1, 0.15) is 5.82 Å². The molecule has 0 spiro atoms. The minimum Gasteiger partial charge on any atom is -0.371 e. The van der Waals surface area contributed by atoms with E-state index in [0.29, 0.717) is 23.3 Å². The van der Waals surface area contributed by atoms with Crippen LogP contribution in [0.4, 0.5) is 10.1 Å². The van der Waals surface area contributed by atoms with Gasteiger partial charge in [0.2, 0.25) is 0 Å². The van der Waals surface area contributed by atoms with Crippen molar-refractivity contribution in [2.24, 2.45) is 17.8 Å². The van der Waals surface area contributed by atoms with E-state index in [4.69, 9.17) is 5.26 Å². The zero-order valence-electron chi connectivity index (χ0n) is 22.2. The quantitative estimate of drug-likeness (QED) is 0.529. The average Bonchev–Trinajstić information content (AvgIpc) is 3.65. The monoisotopic (exact) mass is 514 g/mol. The summed E-state index contributed by atoms with van der Waals surface area (Å²) in [7, 11) is 0. The Balaban J connectivity index is 1.13. The van der Waals surface area contributed by atoms with Crippen LogP contribution in [0.15, 0.2) is 60.9 Å². The topological polar surface area (TPSA) is 57.6 Å². The summed E-state index contributed by atoms with van der Waals surface area (Å²) < 4.78 is 14.6. The molecule has 2 aromatic rings. The lowest BCUT2D eigenvalue weighted by atomic mass is 9.59. The summed E-state index contributed by atoms with van der Waals surface area (Å²) in [6.45, 7) is 6.41. The van der Waals surface area contributed by atoms with Crippen molar-refractivity contribution in [2.45, 2.75) is 43.9 Å². The van der Waals surface area contributed by atoms with Gasteiger partial charge in [0.15, 0.2) is 0 Å². The third kappa shape index (κ3) is 5.00. The molecule has 200 valence electrons. The Morgan fingerprint density at radius 3 is 2.37 bits per heavy atom. The number of hydrogen-bond donors (Lipinski definition) is 2. The van der Waals surface area contributed by atoms with Crippen molar-refractivity contribution in [3.63, 3.8) is 0 Å². The molecule has 0 amide bonds. The van der Waals surface area contributed by atoms with Crippen molar-refractivity contribution in [1.29, 1.82) is 5.26 Å². The SMILES string of the molecule is N#Cc1ccc(N2CC(CN3CCC(C(CN4C=CNN4)(c4cccc(F)c4)C4CCCC4)CC3)C2)cc1. The molecule has 7 heteroatoms. The smallest absolute Gasteiger partial charge is 0.123 e. The molecule has 3 fully saturated rings. The summed E-state index contributed by atoms with van der Waals surface area (Å²) in [5.41, 5.74) is 9.43. The van der Waals surface area contributed by atoms with E-state index in [1.54, 1.807) is 6.07 Å². The van der Waals surface area contributed by atoms with Crippen molar-refractivity contribution in [1.82, 2.24) is 20.9 Å². The van der Waals surface area contributed by atoms with Crippen LogP contribution in [0.5, 0.6) is 0 Å². The molecule has 38 heavy (non-hydrogen) atoms. The molecular weight excluding hydrogens is 475 g/mol. The predicted molar refractivity (Wildman–Crippen MR) is 148 cm³/mol. The van der Waals surface area contributed by atoms with Gasteiger partial charge in [0.05, 0.1) is 11.6 Å². The second kappa shape index (κ2) is 11.0. The number of nitriles is 1. The maximum absolute atomic E-state index is 14.6. The van der Waals surface area contributed by atoms with Crippen LogP contribution in [-0.4, -0.2) is 49.2 Å². The Labute approximate surface area is 226 Å². The van der Waals surface area contributed by atoms with E-state index in [1.807, 2.05) is 30.5 Å². The average molecular weight is 515 g/mol. The molecule has 1 saturated carbocycles. The van der Waals surface area contributed by atoms with Crippen LogP contribution >= 0.6 is 0 Å². The van der Waals surface area contributed by atoms with Gasteiger partial charge in [-0.1, -0.05) is 25.0 Å². The van der Waals surface area contributed by atoms with Crippen molar-refractivity contribution < 1.29 is 4.39 Å². The van der Waals surface area contributed by atoms with E-state index in [2.05, 4.69) is 56.2 Å². The molecule has 1 atom stereocenters. The van der Waals surface area contributed by atoms with E-state index >= 15 is 0 Å². The molecule has 0 bridgehead atoms. The Bertz CT molecular complexity index is 1160. The normalized spacial score (nSPS) is 22.7. The third-order valence-corrected chi connectivity index (χ3v) is 9.57. The Morgan fingerprint density at radius 2 is 1.71 bits per heavy atom. The first-order valence-electron chi connectivity index (χ1n) is 14.3. The number of nitrogens with one attached hydrogen (secondary N) is 2. The third-order valence-electron chi connectivity index (χ3n) is 9.57. The van der Waals surface area contributed by atoms with Gasteiger partial charge < -0.3 is 15.2 Å². The fourth-order valence-corrected chi connectivity index (χ4v) is 7.67. The molecule has 0 radical (unpaired) electrons. The van der Waals surface area contributed by atoms with E-state index in [0.717, 1.165) is 52.1 Å². The summed E-state index contributed by atoms with van der Waals surface area (Å²) in [6.07, 6.45) is 11.3. The molecule has 4 aliphatic rings. The van der Waals surface area contributed by atoms with Crippen molar-refractivity contribution in [3.05, 3.63) is 77.9 Å². The van der Waals surface area contributed by atoms with Crippen LogP contribution in [-0.2, 0) is 5.41 Å². The molecule has 3 heterocycles. The summed E-state index contributed by atoms with van der Waals surface area (Å²) in [4.78, 5) is 5.08. The highest BCUT2D eigenvalue weighted by Gasteiger charge is 2.49. The lowest BCUT2D eigenvalue weighted by Gasteiger charge is -2.51. The lowest BCUT2D eigenvalue weighted by Crippen LogP contribution is -2.56. The highest BCUT2D eigenvalue weighted by Crippen LogP contribution is 2.51. The minimum absolute atomic E-state index is 0.0725. The van der Waals surface area contributed by atoms with Gasteiger partial charge in [-0.25, -0.2) is 4.39 Å². The Kier molecular flexibility index (Phi) is 7.27. The van der Waals surface area contributed by atoms with Crippen LogP contribution < -0.4 is 15.9 Å². The lowest BCUT2D eigenvalue weighted by molar-refractivity contribution is 0.0475. The molecule has 2 N–H and O–H groups in total. The van der Waals surface area contributed by atoms with Crippen LogP contribution in [0.1, 0.15) is 49.7 Å². The maximum atomic E-state index is 14.6. The van der Waals surface area contributed by atoms with Gasteiger partial charge in [-0.3, -0.25) is 5.01 Å². The van der Waals surface area contributed by atoms with Crippen LogP contribution in [0.3, 0.4) is 0 Å². The van der Waals surface area contributed by atoms with Gasteiger partial charge in [0.25, 0.3) is 0 Å². The number of hydrazine groups is 2. The van der Waals surface area contributed by atoms with Crippen LogP contribution in [0.25, 0.3) is 0 Å². The highest BCUT2D eigenvalue weighted by atomic mass is 19.1. The maximum Gasteiger partial charge on any atom is 0.123 e. The van der Waals surface area contributed by atoms with E-state index in [9.17, 15) is 4.39 Å². The van der Waals surface area contributed by atoms with Crippen LogP contribution in [0.2, 0.25) is 0 Å². The molecule has 1 aliphatic carbocycles. The molecule has 6 nitrogen and oxygen atoms in total. The number of nitrogens with zero attached hydrogens (tertiary/aromatic N) is 4. The molecule has 0 aromatic heterocycles. The Hall–Kier alpha value is -3.08. The second-order valence-electron chi connectivity index (χ2n) is 11.7. The number of rotatable bonds is 8. The minimum atomic E-state index is -0.123. The fourth-order valence-electron chi connectivity index (χ4n) is 7.67. The highest BCUT2D eigenvalue weighted by molar-refractivity contribution is 5.51. The van der Waals surface area contributed by atoms with Crippen LogP contribution in [0, 0.1) is 34.9 Å².